The SMILES string of the molecule is COc1cccc(/C=C/C=Nc2ccccc2Nc2ncc(C(F)(F)F)cc2Cl)c1OC1CCCC1. The van der Waals surface area contributed by atoms with Gasteiger partial charge in [-0.2, -0.15) is 13.2 Å². The van der Waals surface area contributed by atoms with E-state index in [9.17, 15) is 13.2 Å². The first-order valence-electron chi connectivity index (χ1n) is 11.5. The van der Waals surface area contributed by atoms with Crippen molar-refractivity contribution in [3.63, 3.8) is 0 Å². The molecule has 9 heteroatoms. The van der Waals surface area contributed by atoms with Crippen LogP contribution in [-0.4, -0.2) is 24.4 Å². The number of alkyl halides is 3. The number of hydrogen-bond donors (Lipinski definition) is 1. The van der Waals surface area contributed by atoms with E-state index in [0.717, 1.165) is 43.5 Å². The number of ether oxygens (including phenoxy) is 2. The highest BCUT2D eigenvalue weighted by Crippen LogP contribution is 2.36. The molecule has 2 aromatic carbocycles. The Labute approximate surface area is 212 Å². The summed E-state index contributed by atoms with van der Waals surface area (Å²) in [4.78, 5) is 8.31. The van der Waals surface area contributed by atoms with Crippen LogP contribution >= 0.6 is 11.6 Å². The van der Waals surface area contributed by atoms with Gasteiger partial charge >= 0.3 is 6.18 Å². The Hall–Kier alpha value is -3.52. The second-order valence-corrected chi connectivity index (χ2v) is 8.64. The summed E-state index contributed by atoms with van der Waals surface area (Å²) in [7, 11) is 1.62. The molecule has 0 unspecified atom stereocenters. The molecule has 0 atom stereocenters. The number of allylic oxidation sites excluding steroid dienone is 1. The largest absolute Gasteiger partial charge is 0.493 e. The van der Waals surface area contributed by atoms with Gasteiger partial charge in [-0.25, -0.2) is 4.98 Å². The molecule has 0 bridgehead atoms. The first-order valence-corrected chi connectivity index (χ1v) is 11.9. The van der Waals surface area contributed by atoms with Crippen LogP contribution in [0.2, 0.25) is 5.02 Å². The second kappa shape index (κ2) is 11.5. The van der Waals surface area contributed by atoms with E-state index in [1.165, 1.54) is 0 Å². The lowest BCUT2D eigenvalue weighted by Crippen LogP contribution is -2.12. The highest BCUT2D eigenvalue weighted by Gasteiger charge is 2.31. The molecule has 36 heavy (non-hydrogen) atoms. The van der Waals surface area contributed by atoms with Gasteiger partial charge in [0.05, 0.1) is 35.2 Å². The number of nitrogens with zero attached hydrogens (tertiary/aromatic N) is 2. The molecule has 0 aliphatic heterocycles. The zero-order chi connectivity index (χ0) is 25.5. The van der Waals surface area contributed by atoms with E-state index in [2.05, 4.69) is 15.3 Å². The lowest BCUT2D eigenvalue weighted by atomic mass is 10.1. The maximum absolute atomic E-state index is 12.9. The molecule has 188 valence electrons. The molecular weight excluding hydrogens is 491 g/mol. The summed E-state index contributed by atoms with van der Waals surface area (Å²) in [5, 5.41) is 2.82. The van der Waals surface area contributed by atoms with Crippen LogP contribution < -0.4 is 14.8 Å². The first kappa shape index (κ1) is 25.6. The molecular formula is C27H25ClF3N3O2. The third-order valence-electron chi connectivity index (χ3n) is 5.72. The molecule has 1 saturated carbocycles. The summed E-state index contributed by atoms with van der Waals surface area (Å²) in [5.41, 5.74) is 1.07. The van der Waals surface area contributed by atoms with Crippen LogP contribution in [0.25, 0.3) is 6.08 Å². The summed E-state index contributed by atoms with van der Waals surface area (Å²) in [6, 6.07) is 13.6. The molecule has 0 amide bonds. The van der Waals surface area contributed by atoms with Gasteiger partial charge in [0.15, 0.2) is 11.5 Å². The minimum Gasteiger partial charge on any atom is -0.493 e. The number of rotatable bonds is 8. The standard InChI is InChI=1S/C27H25ClF3N3O2/c1-35-24-14-6-8-18(25(24)36-20-10-2-3-11-20)9-7-15-32-22-12-4-5-13-23(22)34-26-21(28)16-19(17-33-26)27(29,30)31/h4-9,12-17,20H,2-3,10-11H2,1H3,(H,33,34)/b9-7+,32-15?. The second-order valence-electron chi connectivity index (χ2n) is 8.23. The average molecular weight is 516 g/mol. The maximum Gasteiger partial charge on any atom is 0.417 e. The Kier molecular flexibility index (Phi) is 8.15. The zero-order valence-corrected chi connectivity index (χ0v) is 20.3. The van der Waals surface area contributed by atoms with E-state index in [0.29, 0.717) is 22.9 Å². The van der Waals surface area contributed by atoms with Gasteiger partial charge in [-0.1, -0.05) is 35.9 Å². The number of aliphatic imine (C=N–C) groups is 1. The fraction of sp³-hybridized carbons (Fsp3) is 0.259. The van der Waals surface area contributed by atoms with E-state index < -0.39 is 11.7 Å². The van der Waals surface area contributed by atoms with E-state index >= 15 is 0 Å². The number of benzene rings is 2. The Bertz CT molecular complexity index is 1260. The van der Waals surface area contributed by atoms with Crippen LogP contribution in [0.3, 0.4) is 0 Å². The van der Waals surface area contributed by atoms with Crippen molar-refractivity contribution in [2.75, 3.05) is 12.4 Å². The molecule has 0 spiro atoms. The number of methoxy groups -OCH3 is 1. The number of hydrogen-bond acceptors (Lipinski definition) is 5. The van der Waals surface area contributed by atoms with Crippen molar-refractivity contribution in [2.24, 2.45) is 4.99 Å². The predicted molar refractivity (Wildman–Crippen MR) is 137 cm³/mol. The topological polar surface area (TPSA) is 55.7 Å². The average Bonchev–Trinajstić information content (AvgIpc) is 3.37. The van der Waals surface area contributed by atoms with Gasteiger partial charge in [0.25, 0.3) is 0 Å². The summed E-state index contributed by atoms with van der Waals surface area (Å²) >= 11 is 6.04. The van der Waals surface area contributed by atoms with Gasteiger partial charge < -0.3 is 14.8 Å². The normalized spacial score (nSPS) is 14.6. The Morgan fingerprint density at radius 3 is 2.61 bits per heavy atom. The van der Waals surface area contributed by atoms with Crippen molar-refractivity contribution >= 4 is 41.1 Å². The monoisotopic (exact) mass is 515 g/mol. The van der Waals surface area contributed by atoms with Gasteiger partial charge in [-0.05, 0) is 62.1 Å². The van der Waals surface area contributed by atoms with Crippen LogP contribution in [0.4, 0.5) is 30.4 Å². The molecule has 5 nitrogen and oxygen atoms in total. The molecule has 1 aromatic heterocycles. The van der Waals surface area contributed by atoms with Crippen molar-refractivity contribution in [1.82, 2.24) is 4.98 Å². The molecule has 0 saturated heterocycles. The van der Waals surface area contributed by atoms with Crippen LogP contribution in [0.5, 0.6) is 11.5 Å². The Balaban J connectivity index is 1.51. The smallest absolute Gasteiger partial charge is 0.417 e. The molecule has 1 aliphatic carbocycles. The van der Waals surface area contributed by atoms with Crippen LogP contribution in [0.1, 0.15) is 36.8 Å². The van der Waals surface area contributed by atoms with Crippen LogP contribution in [0.15, 0.2) is 65.8 Å². The molecule has 1 aliphatic rings. The van der Waals surface area contributed by atoms with E-state index in [4.69, 9.17) is 21.1 Å². The minimum atomic E-state index is -4.52. The van der Waals surface area contributed by atoms with Crippen LogP contribution in [0, 0.1) is 0 Å². The minimum absolute atomic E-state index is 0.105. The van der Waals surface area contributed by atoms with Gasteiger partial charge in [0.1, 0.15) is 5.82 Å². The number of nitrogens with one attached hydrogen (secondary N) is 1. The molecule has 3 aromatic rings. The van der Waals surface area contributed by atoms with Gasteiger partial charge in [-0.15, -0.1) is 0 Å². The van der Waals surface area contributed by atoms with Crippen LogP contribution in [-0.2, 0) is 6.18 Å². The van der Waals surface area contributed by atoms with E-state index in [1.807, 2.05) is 24.3 Å². The summed E-state index contributed by atoms with van der Waals surface area (Å²) in [6.45, 7) is 0. The van der Waals surface area contributed by atoms with Crippen molar-refractivity contribution < 1.29 is 22.6 Å². The third kappa shape index (κ3) is 6.37. The summed E-state index contributed by atoms with van der Waals surface area (Å²) in [6.07, 6.45) is 6.10. The fourth-order valence-corrected chi connectivity index (χ4v) is 4.11. The first-order chi connectivity index (χ1) is 17.3. The fourth-order valence-electron chi connectivity index (χ4n) is 3.90. The van der Waals surface area contributed by atoms with E-state index in [-0.39, 0.29) is 16.9 Å². The van der Waals surface area contributed by atoms with E-state index in [1.54, 1.807) is 43.7 Å². The lowest BCUT2D eigenvalue weighted by Gasteiger charge is -2.17. The third-order valence-corrected chi connectivity index (χ3v) is 6.01. The molecule has 1 N–H and O–H groups in total. The van der Waals surface area contributed by atoms with Crippen molar-refractivity contribution in [2.45, 2.75) is 38.0 Å². The van der Waals surface area contributed by atoms with Gasteiger partial charge in [-0.3, -0.25) is 4.99 Å². The molecule has 1 fully saturated rings. The quantitative estimate of drug-likeness (QED) is 0.307. The molecule has 0 radical (unpaired) electrons. The predicted octanol–water partition coefficient (Wildman–Crippen LogP) is 8.24. The maximum atomic E-state index is 12.9. The number of aromatic nitrogens is 1. The molecule has 4 rings (SSSR count). The lowest BCUT2D eigenvalue weighted by molar-refractivity contribution is -0.137. The number of anilines is 2. The summed E-state index contributed by atoms with van der Waals surface area (Å²) in [5.74, 6) is 1.49. The van der Waals surface area contributed by atoms with Gasteiger partial charge in [0, 0.05) is 18.0 Å². The highest BCUT2D eigenvalue weighted by atomic mass is 35.5. The Morgan fingerprint density at radius 1 is 1.11 bits per heavy atom. The molecule has 1 heterocycles. The zero-order valence-electron chi connectivity index (χ0n) is 19.6. The van der Waals surface area contributed by atoms with Gasteiger partial charge in [0.2, 0.25) is 0 Å². The van der Waals surface area contributed by atoms with Crippen molar-refractivity contribution in [3.05, 3.63) is 77.0 Å². The number of halogens is 4. The Morgan fingerprint density at radius 2 is 1.89 bits per heavy atom. The number of pyridine rings is 1. The highest BCUT2D eigenvalue weighted by molar-refractivity contribution is 6.33. The van der Waals surface area contributed by atoms with Crippen molar-refractivity contribution in [1.29, 1.82) is 0 Å². The van der Waals surface area contributed by atoms with Crippen molar-refractivity contribution in [3.8, 4) is 11.5 Å². The number of para-hydroxylation sites is 3. The summed E-state index contributed by atoms with van der Waals surface area (Å²) < 4.78 is 50.4.